The third kappa shape index (κ3) is 4.76. The van der Waals surface area contributed by atoms with E-state index in [9.17, 15) is 10.1 Å². The van der Waals surface area contributed by atoms with Crippen molar-refractivity contribution in [2.75, 3.05) is 44.7 Å². The van der Waals surface area contributed by atoms with Crippen LogP contribution in [0.2, 0.25) is 5.02 Å². The number of aromatic nitrogens is 2. The molecule has 6 rings (SSSR count). The van der Waals surface area contributed by atoms with Crippen LogP contribution in [0.3, 0.4) is 0 Å². The van der Waals surface area contributed by atoms with Crippen LogP contribution in [0.15, 0.2) is 36.9 Å². The smallest absolute Gasteiger partial charge is 0.318 e. The summed E-state index contributed by atoms with van der Waals surface area (Å²) in [7, 11) is 2.14. The number of hydrogen-bond acceptors (Lipinski definition) is 7. The van der Waals surface area contributed by atoms with E-state index in [0.717, 1.165) is 59.9 Å². The first kappa shape index (κ1) is 26.8. The lowest BCUT2D eigenvalue weighted by Crippen LogP contribution is -2.55. The Bertz CT molecular complexity index is 1400. The van der Waals surface area contributed by atoms with E-state index in [0.29, 0.717) is 38.3 Å². The first-order valence-corrected chi connectivity index (χ1v) is 14.6. The zero-order valence-corrected chi connectivity index (χ0v) is 23.7. The Hall–Kier alpha value is -3.41. The van der Waals surface area contributed by atoms with Crippen LogP contribution in [-0.4, -0.2) is 77.6 Å². The van der Waals surface area contributed by atoms with Crippen molar-refractivity contribution in [3.05, 3.63) is 64.3 Å². The van der Waals surface area contributed by atoms with Gasteiger partial charge < -0.3 is 19.4 Å². The van der Waals surface area contributed by atoms with Gasteiger partial charge in [0.25, 0.3) is 0 Å². The van der Waals surface area contributed by atoms with Gasteiger partial charge in [-0.1, -0.05) is 42.5 Å². The summed E-state index contributed by atoms with van der Waals surface area (Å²) < 4.78 is 6.29. The maximum absolute atomic E-state index is 12.5. The van der Waals surface area contributed by atoms with Gasteiger partial charge in [0.15, 0.2) is 0 Å². The van der Waals surface area contributed by atoms with E-state index < -0.39 is 0 Å². The molecule has 2 aliphatic heterocycles. The van der Waals surface area contributed by atoms with Crippen molar-refractivity contribution in [1.82, 2.24) is 19.8 Å². The predicted octanol–water partition coefficient (Wildman–Crippen LogP) is 4.17. The van der Waals surface area contributed by atoms with Crippen molar-refractivity contribution in [2.45, 2.75) is 56.0 Å². The number of halogens is 1. The van der Waals surface area contributed by atoms with Crippen molar-refractivity contribution in [3.8, 4) is 12.1 Å². The van der Waals surface area contributed by atoms with Gasteiger partial charge in [0, 0.05) is 48.1 Å². The summed E-state index contributed by atoms with van der Waals surface area (Å²) in [6.07, 6.45) is 10.8. The van der Waals surface area contributed by atoms with Crippen LogP contribution in [0, 0.1) is 11.3 Å². The Morgan fingerprint density at radius 2 is 2.17 bits per heavy atom. The molecule has 2 fully saturated rings. The van der Waals surface area contributed by atoms with Crippen LogP contribution >= 0.6 is 11.6 Å². The summed E-state index contributed by atoms with van der Waals surface area (Å²) in [4.78, 5) is 28.8. The molecule has 8 nitrogen and oxygen atoms in total. The second-order valence-electron chi connectivity index (χ2n) is 11.4. The molecule has 2 aromatic rings. The molecule has 3 atom stereocenters. The van der Waals surface area contributed by atoms with Gasteiger partial charge in [0.1, 0.15) is 12.4 Å². The topological polar surface area (TPSA) is 85.6 Å². The lowest BCUT2D eigenvalue weighted by Gasteiger charge is -2.42. The minimum atomic E-state index is -0.229. The number of fused-ring (bicyclic) bond motifs is 3. The van der Waals surface area contributed by atoms with Gasteiger partial charge in [0.2, 0.25) is 5.91 Å². The molecule has 0 saturated carbocycles. The van der Waals surface area contributed by atoms with Crippen LogP contribution in [0.1, 0.15) is 48.1 Å². The highest BCUT2D eigenvalue weighted by Crippen LogP contribution is 2.48. The largest absolute Gasteiger partial charge is 0.462 e. The van der Waals surface area contributed by atoms with E-state index in [1.54, 1.807) is 4.90 Å². The number of benzene rings is 1. The molecule has 1 aromatic heterocycles. The van der Waals surface area contributed by atoms with Gasteiger partial charge in [0.05, 0.1) is 24.2 Å². The molecular formula is C31H35ClN6O2. The SMILES string of the molecule is C=CC(=O)N1CCN(c2nc(OC[C@@H]3CCCN3C)nc3c2CC[C@]2(C=Cc4c(Cl)cccc42)C3)C[C@@H]1CC#N. The molecular weight excluding hydrogens is 524 g/mol. The van der Waals surface area contributed by atoms with Crippen LogP contribution in [0.4, 0.5) is 5.82 Å². The molecule has 2 aliphatic carbocycles. The fourth-order valence-corrected chi connectivity index (χ4v) is 7.14. The fourth-order valence-electron chi connectivity index (χ4n) is 6.90. The van der Waals surface area contributed by atoms with Crippen molar-refractivity contribution in [2.24, 2.45) is 0 Å². The molecule has 3 heterocycles. The molecule has 1 spiro atoms. The molecule has 208 valence electrons. The Balaban J connectivity index is 1.34. The van der Waals surface area contributed by atoms with Crippen LogP contribution in [-0.2, 0) is 23.1 Å². The minimum Gasteiger partial charge on any atom is -0.462 e. The van der Waals surface area contributed by atoms with E-state index in [1.807, 2.05) is 12.1 Å². The number of rotatable bonds is 6. The highest BCUT2D eigenvalue weighted by molar-refractivity contribution is 6.32. The second kappa shape index (κ2) is 10.9. The number of carbonyl (C=O) groups excluding carboxylic acids is 1. The monoisotopic (exact) mass is 558 g/mol. The average Bonchev–Trinajstić information content (AvgIpc) is 3.54. The van der Waals surface area contributed by atoms with E-state index in [-0.39, 0.29) is 23.8 Å². The third-order valence-corrected chi connectivity index (χ3v) is 9.49. The quantitative estimate of drug-likeness (QED) is 0.492. The van der Waals surface area contributed by atoms with Crippen molar-refractivity contribution < 1.29 is 9.53 Å². The summed E-state index contributed by atoms with van der Waals surface area (Å²) in [5, 5.41) is 10.3. The maximum atomic E-state index is 12.5. The maximum Gasteiger partial charge on any atom is 0.318 e. The van der Waals surface area contributed by atoms with E-state index in [4.69, 9.17) is 26.3 Å². The Kier molecular flexibility index (Phi) is 7.28. The minimum absolute atomic E-state index is 0.137. The number of carbonyl (C=O) groups is 1. The zero-order valence-electron chi connectivity index (χ0n) is 23.0. The average molecular weight is 559 g/mol. The number of likely N-dealkylation sites (tertiary alicyclic amines) is 1. The first-order valence-electron chi connectivity index (χ1n) is 14.2. The lowest BCUT2D eigenvalue weighted by atomic mass is 9.70. The Labute approximate surface area is 240 Å². The van der Waals surface area contributed by atoms with E-state index in [1.165, 1.54) is 18.1 Å². The lowest BCUT2D eigenvalue weighted by molar-refractivity contribution is -0.128. The highest BCUT2D eigenvalue weighted by Gasteiger charge is 2.42. The number of anilines is 1. The second-order valence-corrected chi connectivity index (χ2v) is 11.8. The van der Waals surface area contributed by atoms with E-state index >= 15 is 0 Å². The van der Waals surface area contributed by atoms with Crippen molar-refractivity contribution in [1.29, 1.82) is 5.26 Å². The summed E-state index contributed by atoms with van der Waals surface area (Å²) in [6, 6.07) is 8.95. The van der Waals surface area contributed by atoms with Gasteiger partial charge in [-0.25, -0.2) is 0 Å². The fraction of sp³-hybridized carbons (Fsp3) is 0.484. The van der Waals surface area contributed by atoms with E-state index in [2.05, 4.69) is 47.7 Å². The molecule has 1 aromatic carbocycles. The van der Waals surface area contributed by atoms with Gasteiger partial charge in [-0.3, -0.25) is 4.79 Å². The van der Waals surface area contributed by atoms with Gasteiger partial charge in [-0.05, 0) is 62.5 Å². The number of likely N-dealkylation sites (N-methyl/N-ethyl adjacent to an activating group) is 1. The van der Waals surface area contributed by atoms with Gasteiger partial charge in [-0.15, -0.1) is 0 Å². The number of allylic oxidation sites excluding steroid dienone is 1. The Morgan fingerprint density at radius 1 is 1.30 bits per heavy atom. The molecule has 9 heteroatoms. The molecule has 1 amide bonds. The summed E-state index contributed by atoms with van der Waals surface area (Å²) in [5.41, 5.74) is 4.35. The summed E-state index contributed by atoms with van der Waals surface area (Å²) >= 11 is 6.56. The number of amides is 1. The number of piperazine rings is 1. The zero-order chi connectivity index (χ0) is 27.9. The molecule has 2 saturated heterocycles. The van der Waals surface area contributed by atoms with Crippen LogP contribution < -0.4 is 9.64 Å². The normalized spacial score (nSPS) is 25.5. The Morgan fingerprint density at radius 3 is 2.95 bits per heavy atom. The third-order valence-electron chi connectivity index (χ3n) is 9.16. The van der Waals surface area contributed by atoms with Crippen molar-refractivity contribution >= 4 is 29.4 Å². The molecule has 0 bridgehead atoms. The first-order chi connectivity index (χ1) is 19.4. The van der Waals surface area contributed by atoms with Crippen LogP contribution in [0.5, 0.6) is 6.01 Å². The molecule has 0 N–H and O–H groups in total. The summed E-state index contributed by atoms with van der Waals surface area (Å²) in [6.45, 7) is 6.95. The number of ether oxygens (including phenoxy) is 1. The molecule has 0 radical (unpaired) electrons. The summed E-state index contributed by atoms with van der Waals surface area (Å²) in [5.74, 6) is 0.734. The highest BCUT2D eigenvalue weighted by atomic mass is 35.5. The van der Waals surface area contributed by atoms with Crippen LogP contribution in [0.25, 0.3) is 6.08 Å². The number of nitrogens with zero attached hydrogens (tertiary/aromatic N) is 6. The predicted molar refractivity (Wildman–Crippen MR) is 156 cm³/mol. The van der Waals surface area contributed by atoms with Gasteiger partial charge in [-0.2, -0.15) is 15.2 Å². The number of hydrogen-bond donors (Lipinski definition) is 0. The molecule has 0 unspecified atom stereocenters. The van der Waals surface area contributed by atoms with Crippen molar-refractivity contribution in [3.63, 3.8) is 0 Å². The molecule has 40 heavy (non-hydrogen) atoms. The van der Waals surface area contributed by atoms with Gasteiger partial charge >= 0.3 is 6.01 Å². The molecule has 4 aliphatic rings. The standard InChI is InChI=1S/C31H35ClN6O2/c1-3-28(39)38-17-16-37(19-21(38)11-14-33)29-24-10-13-31(12-9-23-25(31)7-4-8-26(23)32)18-27(24)34-30(35-29)40-20-22-6-5-15-36(22)2/h3-4,7-9,12,21-22H,1,5-6,10-11,13,15-20H2,2H3/t21-,22-,31+/m0/s1. The number of nitriles is 1.